The SMILES string of the molecule is NC(CC1CC1)c1cc(F)c(Br)cc1F. The fourth-order valence-electron chi connectivity index (χ4n) is 1.66. The van der Waals surface area contributed by atoms with Gasteiger partial charge in [-0.3, -0.25) is 0 Å². The van der Waals surface area contributed by atoms with E-state index < -0.39 is 11.6 Å². The number of hydrogen-bond donors (Lipinski definition) is 1. The monoisotopic (exact) mass is 275 g/mol. The second-order valence-corrected chi connectivity index (χ2v) is 4.93. The molecule has 0 heterocycles. The number of rotatable bonds is 3. The average Bonchev–Trinajstić information content (AvgIpc) is 2.95. The molecule has 1 atom stereocenters. The van der Waals surface area contributed by atoms with E-state index in [1.165, 1.54) is 6.07 Å². The summed E-state index contributed by atoms with van der Waals surface area (Å²) in [5.41, 5.74) is 6.11. The Labute approximate surface area is 95.8 Å². The van der Waals surface area contributed by atoms with E-state index in [2.05, 4.69) is 15.9 Å². The molecule has 0 spiro atoms. The van der Waals surface area contributed by atoms with Crippen LogP contribution in [0.3, 0.4) is 0 Å². The van der Waals surface area contributed by atoms with Crippen molar-refractivity contribution >= 4 is 15.9 Å². The van der Waals surface area contributed by atoms with Gasteiger partial charge in [0.2, 0.25) is 0 Å². The Hall–Kier alpha value is -0.480. The molecule has 0 amide bonds. The lowest BCUT2D eigenvalue weighted by atomic mass is 10.0. The Morgan fingerprint density at radius 2 is 2.00 bits per heavy atom. The van der Waals surface area contributed by atoms with E-state index in [0.717, 1.165) is 25.3 Å². The highest BCUT2D eigenvalue weighted by Gasteiger charge is 2.26. The topological polar surface area (TPSA) is 26.0 Å². The van der Waals surface area contributed by atoms with Gasteiger partial charge in [0.15, 0.2) is 0 Å². The van der Waals surface area contributed by atoms with Gasteiger partial charge in [-0.15, -0.1) is 0 Å². The highest BCUT2D eigenvalue weighted by molar-refractivity contribution is 9.10. The molecule has 15 heavy (non-hydrogen) atoms. The molecule has 82 valence electrons. The van der Waals surface area contributed by atoms with Crippen molar-refractivity contribution in [1.82, 2.24) is 0 Å². The van der Waals surface area contributed by atoms with Crippen LogP contribution in [0.2, 0.25) is 0 Å². The van der Waals surface area contributed by atoms with E-state index in [4.69, 9.17) is 5.73 Å². The van der Waals surface area contributed by atoms with Crippen molar-refractivity contribution in [2.75, 3.05) is 0 Å². The van der Waals surface area contributed by atoms with Gasteiger partial charge in [0.1, 0.15) is 11.6 Å². The number of hydrogen-bond acceptors (Lipinski definition) is 1. The minimum Gasteiger partial charge on any atom is -0.324 e. The Balaban J connectivity index is 2.21. The predicted octanol–water partition coefficient (Wildman–Crippen LogP) is 3.53. The standard InChI is InChI=1S/C11H12BrF2N/c12-8-5-9(13)7(4-10(8)14)11(15)3-6-1-2-6/h4-6,11H,1-3,15H2. The molecule has 2 rings (SSSR count). The van der Waals surface area contributed by atoms with Gasteiger partial charge >= 0.3 is 0 Å². The van der Waals surface area contributed by atoms with Crippen LogP contribution in [0, 0.1) is 17.6 Å². The zero-order valence-corrected chi connectivity index (χ0v) is 9.73. The zero-order chi connectivity index (χ0) is 11.0. The summed E-state index contributed by atoms with van der Waals surface area (Å²) in [4.78, 5) is 0. The quantitative estimate of drug-likeness (QED) is 0.840. The lowest BCUT2D eigenvalue weighted by Gasteiger charge is -2.13. The van der Waals surface area contributed by atoms with Crippen LogP contribution in [-0.2, 0) is 0 Å². The molecule has 1 unspecified atom stereocenters. The van der Waals surface area contributed by atoms with Gasteiger partial charge in [0.25, 0.3) is 0 Å². The Morgan fingerprint density at radius 3 is 2.60 bits per heavy atom. The molecule has 0 aliphatic heterocycles. The van der Waals surface area contributed by atoms with Crippen LogP contribution < -0.4 is 5.73 Å². The average molecular weight is 276 g/mol. The van der Waals surface area contributed by atoms with Gasteiger partial charge in [-0.05, 0) is 40.4 Å². The molecule has 1 saturated carbocycles. The molecule has 2 N–H and O–H groups in total. The van der Waals surface area contributed by atoms with Crippen LogP contribution in [0.25, 0.3) is 0 Å². The molecule has 4 heteroatoms. The minimum atomic E-state index is -0.461. The zero-order valence-electron chi connectivity index (χ0n) is 8.14. The summed E-state index contributed by atoms with van der Waals surface area (Å²) in [6.45, 7) is 0. The van der Waals surface area contributed by atoms with Crippen molar-refractivity contribution in [2.24, 2.45) is 11.7 Å². The molecule has 0 saturated heterocycles. The third kappa shape index (κ3) is 2.55. The summed E-state index contributed by atoms with van der Waals surface area (Å²) in [7, 11) is 0. The van der Waals surface area contributed by atoms with Crippen molar-refractivity contribution in [2.45, 2.75) is 25.3 Å². The van der Waals surface area contributed by atoms with E-state index in [0.29, 0.717) is 5.92 Å². The number of nitrogens with two attached hydrogens (primary N) is 1. The van der Waals surface area contributed by atoms with Gasteiger partial charge in [-0.1, -0.05) is 12.8 Å². The molecule has 1 fully saturated rings. The smallest absolute Gasteiger partial charge is 0.137 e. The van der Waals surface area contributed by atoms with E-state index in [-0.39, 0.29) is 16.1 Å². The van der Waals surface area contributed by atoms with Crippen LogP contribution >= 0.6 is 15.9 Å². The van der Waals surface area contributed by atoms with E-state index >= 15 is 0 Å². The number of benzene rings is 1. The maximum Gasteiger partial charge on any atom is 0.137 e. The fraction of sp³-hybridized carbons (Fsp3) is 0.455. The summed E-state index contributed by atoms with van der Waals surface area (Å²) in [5, 5.41) is 0. The Morgan fingerprint density at radius 1 is 1.33 bits per heavy atom. The van der Waals surface area contributed by atoms with Crippen molar-refractivity contribution in [3.05, 3.63) is 33.8 Å². The third-order valence-corrected chi connectivity index (χ3v) is 3.33. The maximum absolute atomic E-state index is 13.5. The van der Waals surface area contributed by atoms with E-state index in [1.54, 1.807) is 0 Å². The molecule has 1 nitrogen and oxygen atoms in total. The highest BCUT2D eigenvalue weighted by atomic mass is 79.9. The van der Waals surface area contributed by atoms with Crippen molar-refractivity contribution in [3.8, 4) is 0 Å². The summed E-state index contributed by atoms with van der Waals surface area (Å²) in [6.07, 6.45) is 3.07. The van der Waals surface area contributed by atoms with Gasteiger partial charge < -0.3 is 5.73 Å². The molecule has 0 aromatic heterocycles. The first-order chi connectivity index (χ1) is 7.08. The normalized spacial score (nSPS) is 17.9. The Bertz CT molecular complexity index is 377. The van der Waals surface area contributed by atoms with Crippen LogP contribution in [-0.4, -0.2) is 0 Å². The van der Waals surface area contributed by atoms with Crippen LogP contribution in [0.4, 0.5) is 8.78 Å². The van der Waals surface area contributed by atoms with Crippen molar-refractivity contribution in [3.63, 3.8) is 0 Å². The molecule has 1 aromatic rings. The van der Waals surface area contributed by atoms with Crippen LogP contribution in [0.15, 0.2) is 16.6 Å². The summed E-state index contributed by atoms with van der Waals surface area (Å²) >= 11 is 2.94. The fourth-order valence-corrected chi connectivity index (χ4v) is 1.98. The summed E-state index contributed by atoms with van der Waals surface area (Å²) < 4.78 is 26.8. The Kier molecular flexibility index (Phi) is 3.07. The first-order valence-electron chi connectivity index (χ1n) is 4.98. The predicted molar refractivity (Wildman–Crippen MR) is 58.3 cm³/mol. The first kappa shape index (κ1) is 11.0. The molecule has 1 aliphatic carbocycles. The summed E-state index contributed by atoms with van der Waals surface area (Å²) in [6, 6.07) is 1.93. The molecule has 0 radical (unpaired) electrons. The molecule has 1 aliphatic rings. The van der Waals surface area contributed by atoms with Crippen molar-refractivity contribution < 1.29 is 8.78 Å². The van der Waals surface area contributed by atoms with Crippen molar-refractivity contribution in [1.29, 1.82) is 0 Å². The summed E-state index contributed by atoms with van der Waals surface area (Å²) in [5.74, 6) is -0.292. The molecular weight excluding hydrogens is 264 g/mol. The van der Waals surface area contributed by atoms with Crippen LogP contribution in [0.1, 0.15) is 30.9 Å². The van der Waals surface area contributed by atoms with Gasteiger partial charge in [-0.2, -0.15) is 0 Å². The third-order valence-electron chi connectivity index (χ3n) is 2.72. The van der Waals surface area contributed by atoms with Gasteiger partial charge in [0.05, 0.1) is 4.47 Å². The minimum absolute atomic E-state index is 0.141. The molecule has 0 bridgehead atoms. The second-order valence-electron chi connectivity index (χ2n) is 4.07. The van der Waals surface area contributed by atoms with Crippen LogP contribution in [0.5, 0.6) is 0 Å². The van der Waals surface area contributed by atoms with E-state index in [9.17, 15) is 8.78 Å². The molecule has 1 aromatic carbocycles. The van der Waals surface area contributed by atoms with E-state index in [1.807, 2.05) is 0 Å². The largest absolute Gasteiger partial charge is 0.324 e. The number of halogens is 3. The lowest BCUT2D eigenvalue weighted by molar-refractivity contribution is 0.529. The highest BCUT2D eigenvalue weighted by Crippen LogP contribution is 2.37. The van der Waals surface area contributed by atoms with Gasteiger partial charge in [-0.25, -0.2) is 8.78 Å². The van der Waals surface area contributed by atoms with Gasteiger partial charge in [0, 0.05) is 11.6 Å². The molecular formula is C11H12BrF2N. The maximum atomic E-state index is 13.5. The lowest BCUT2D eigenvalue weighted by Crippen LogP contribution is -2.13. The first-order valence-corrected chi connectivity index (χ1v) is 5.77. The second kappa shape index (κ2) is 4.18.